The third-order valence-electron chi connectivity index (χ3n) is 5.43. The molecular formula is C22H25N3O2. The van der Waals surface area contributed by atoms with E-state index in [4.69, 9.17) is 4.84 Å². The maximum atomic E-state index is 12.9. The maximum Gasteiger partial charge on any atom is 0.223 e. The van der Waals surface area contributed by atoms with Crippen molar-refractivity contribution in [1.29, 1.82) is 0 Å². The highest BCUT2D eigenvalue weighted by atomic mass is 16.7. The van der Waals surface area contributed by atoms with Gasteiger partial charge in [-0.1, -0.05) is 67.5 Å². The molecule has 2 unspecified atom stereocenters. The van der Waals surface area contributed by atoms with Crippen LogP contribution in [0.2, 0.25) is 0 Å². The summed E-state index contributed by atoms with van der Waals surface area (Å²) >= 11 is 0. The monoisotopic (exact) mass is 363 g/mol. The Morgan fingerprint density at radius 3 is 2.19 bits per heavy atom. The summed E-state index contributed by atoms with van der Waals surface area (Å²) in [5.74, 6) is 0.423. The topological polar surface area (TPSA) is 59.7 Å². The molecule has 1 N–H and O–H groups in total. The molecular weight excluding hydrogens is 338 g/mol. The van der Waals surface area contributed by atoms with Crippen LogP contribution in [-0.2, 0) is 4.84 Å². The van der Waals surface area contributed by atoms with Gasteiger partial charge in [0.05, 0.1) is 5.71 Å². The Bertz CT molecular complexity index is 848. The molecule has 0 saturated heterocycles. The summed E-state index contributed by atoms with van der Waals surface area (Å²) in [6.45, 7) is 4.23. The first-order chi connectivity index (χ1) is 13.1. The highest BCUT2D eigenvalue weighted by Crippen LogP contribution is 2.26. The van der Waals surface area contributed by atoms with E-state index in [1.165, 1.54) is 0 Å². The van der Waals surface area contributed by atoms with Gasteiger partial charge in [0.1, 0.15) is 0 Å². The lowest BCUT2D eigenvalue weighted by Crippen LogP contribution is -2.50. The van der Waals surface area contributed by atoms with Crippen molar-refractivity contribution in [3.05, 3.63) is 77.0 Å². The van der Waals surface area contributed by atoms with Gasteiger partial charge in [0, 0.05) is 30.2 Å². The van der Waals surface area contributed by atoms with Crippen LogP contribution < -0.4 is 5.32 Å². The summed E-state index contributed by atoms with van der Waals surface area (Å²) in [4.78, 5) is 5.76. The molecule has 5 heteroatoms. The molecule has 0 amide bonds. The molecule has 27 heavy (non-hydrogen) atoms. The average molecular weight is 363 g/mol. The highest BCUT2D eigenvalue weighted by molar-refractivity contribution is 6.00. The average Bonchev–Trinajstić information content (AvgIpc) is 2.99. The zero-order chi connectivity index (χ0) is 18.8. The molecule has 4 rings (SSSR count). The molecule has 0 bridgehead atoms. The molecule has 0 spiro atoms. The minimum Gasteiger partial charge on any atom is -0.622 e. The van der Waals surface area contributed by atoms with Gasteiger partial charge < -0.3 is 10.0 Å². The highest BCUT2D eigenvalue weighted by Gasteiger charge is 2.40. The Balaban J connectivity index is 1.49. The molecule has 2 aromatic rings. The van der Waals surface area contributed by atoms with E-state index in [0.717, 1.165) is 40.1 Å². The van der Waals surface area contributed by atoms with E-state index in [0.29, 0.717) is 0 Å². The zero-order valence-corrected chi connectivity index (χ0v) is 15.7. The number of nitrogens with zero attached hydrogens (tertiary/aromatic N) is 2. The number of nitrogens with one attached hydrogen (secondary N) is 1. The minimum absolute atomic E-state index is 0.202. The summed E-state index contributed by atoms with van der Waals surface area (Å²) < 4.78 is 1.12. The fourth-order valence-electron chi connectivity index (χ4n) is 3.85. The lowest BCUT2D eigenvalue weighted by molar-refractivity contribution is -0.509. The van der Waals surface area contributed by atoms with Crippen molar-refractivity contribution in [2.24, 2.45) is 17.0 Å². The number of rotatable bonds is 4. The van der Waals surface area contributed by atoms with Crippen LogP contribution in [0, 0.1) is 17.0 Å². The summed E-state index contributed by atoms with van der Waals surface area (Å²) in [6.07, 6.45) is 0.999. The van der Waals surface area contributed by atoms with E-state index in [1.54, 1.807) is 0 Å². The van der Waals surface area contributed by atoms with Crippen molar-refractivity contribution in [2.75, 3.05) is 0 Å². The van der Waals surface area contributed by atoms with Crippen LogP contribution in [0.15, 0.2) is 65.8 Å². The standard InChI is InChI=1S/C22H25N3O2/c1-15-14-20(18-11-7-4-8-12-18)25(26)21(15)23-22-16(2)13-19(24-27-22)17-9-5-3-6-10-17/h3-12,15-16,21-23H,13-14H2,1-2H3/t15?,16-,21?,22-/m0/s1. The number of hydrogen-bond acceptors (Lipinski definition) is 4. The van der Waals surface area contributed by atoms with Crippen molar-refractivity contribution in [1.82, 2.24) is 5.32 Å². The normalized spacial score (nSPS) is 28.0. The van der Waals surface area contributed by atoms with Gasteiger partial charge in [0.25, 0.3) is 0 Å². The SMILES string of the molecule is CC1CC(c2ccccc2)=[N+]([O-])C1N[C@H]1ON=C(c2ccccc2)C[C@@H]1C. The first-order valence-electron chi connectivity index (χ1n) is 9.55. The van der Waals surface area contributed by atoms with Crippen molar-refractivity contribution in [3.8, 4) is 0 Å². The Kier molecular flexibility index (Phi) is 4.94. The number of benzene rings is 2. The van der Waals surface area contributed by atoms with Gasteiger partial charge in [0.15, 0.2) is 11.9 Å². The molecule has 4 atom stereocenters. The van der Waals surface area contributed by atoms with Gasteiger partial charge in [-0.05, 0) is 17.7 Å². The predicted octanol–water partition coefficient (Wildman–Crippen LogP) is 3.73. The molecule has 2 aromatic carbocycles. The molecule has 140 valence electrons. The molecule has 0 fully saturated rings. The molecule has 2 aliphatic rings. The number of oxime groups is 1. The molecule has 0 aliphatic carbocycles. The van der Waals surface area contributed by atoms with Crippen LogP contribution in [0.4, 0.5) is 0 Å². The van der Waals surface area contributed by atoms with Crippen LogP contribution in [0.3, 0.4) is 0 Å². The zero-order valence-electron chi connectivity index (χ0n) is 15.7. The summed E-state index contributed by atoms with van der Waals surface area (Å²) in [5, 5.41) is 20.6. The van der Waals surface area contributed by atoms with Gasteiger partial charge in [0.2, 0.25) is 6.17 Å². The lowest BCUT2D eigenvalue weighted by Gasteiger charge is -2.30. The van der Waals surface area contributed by atoms with Gasteiger partial charge in [-0.2, -0.15) is 4.74 Å². The van der Waals surface area contributed by atoms with Gasteiger partial charge >= 0.3 is 0 Å². The summed E-state index contributed by atoms with van der Waals surface area (Å²) in [5.41, 5.74) is 3.86. The van der Waals surface area contributed by atoms with Crippen LogP contribution in [0.1, 0.15) is 37.8 Å². The van der Waals surface area contributed by atoms with E-state index in [9.17, 15) is 5.21 Å². The van der Waals surface area contributed by atoms with Crippen molar-refractivity contribution >= 4 is 11.4 Å². The van der Waals surface area contributed by atoms with E-state index < -0.39 is 0 Å². The summed E-state index contributed by atoms with van der Waals surface area (Å²) in [6, 6.07) is 20.0. The predicted molar refractivity (Wildman–Crippen MR) is 107 cm³/mol. The van der Waals surface area contributed by atoms with Gasteiger partial charge in [-0.15, -0.1) is 0 Å². The summed E-state index contributed by atoms with van der Waals surface area (Å²) in [7, 11) is 0. The Labute approximate surface area is 159 Å². The van der Waals surface area contributed by atoms with Crippen molar-refractivity contribution in [3.63, 3.8) is 0 Å². The van der Waals surface area contributed by atoms with Gasteiger partial charge in [-0.25, -0.2) is 5.32 Å². The largest absolute Gasteiger partial charge is 0.622 e. The van der Waals surface area contributed by atoms with Crippen molar-refractivity contribution in [2.45, 2.75) is 39.1 Å². The van der Waals surface area contributed by atoms with Crippen molar-refractivity contribution < 1.29 is 9.58 Å². The van der Waals surface area contributed by atoms with E-state index in [1.807, 2.05) is 60.7 Å². The van der Waals surface area contributed by atoms with Crippen LogP contribution in [0.5, 0.6) is 0 Å². The number of hydroxylamine groups is 1. The second-order valence-electron chi connectivity index (χ2n) is 7.54. The minimum atomic E-state index is -0.305. The smallest absolute Gasteiger partial charge is 0.223 e. The quantitative estimate of drug-likeness (QED) is 0.665. The molecule has 5 nitrogen and oxygen atoms in total. The van der Waals surface area contributed by atoms with Crippen LogP contribution >= 0.6 is 0 Å². The first kappa shape index (κ1) is 17.7. The Morgan fingerprint density at radius 1 is 0.926 bits per heavy atom. The van der Waals surface area contributed by atoms with Crippen LogP contribution in [-0.4, -0.2) is 28.6 Å². The molecule has 0 aromatic heterocycles. The fourth-order valence-corrected chi connectivity index (χ4v) is 3.85. The maximum absolute atomic E-state index is 12.9. The Hall–Kier alpha value is -2.66. The fraction of sp³-hybridized carbons (Fsp3) is 0.364. The molecule has 0 radical (unpaired) electrons. The van der Waals surface area contributed by atoms with E-state index in [2.05, 4.69) is 24.3 Å². The van der Waals surface area contributed by atoms with Crippen LogP contribution in [0.25, 0.3) is 0 Å². The second kappa shape index (κ2) is 7.53. The first-order valence-corrected chi connectivity index (χ1v) is 9.55. The lowest BCUT2D eigenvalue weighted by atomic mass is 9.96. The molecule has 0 saturated carbocycles. The third kappa shape index (κ3) is 3.60. The molecule has 2 heterocycles. The number of hydrogen-bond donors (Lipinski definition) is 1. The second-order valence-corrected chi connectivity index (χ2v) is 7.54. The molecule has 2 aliphatic heterocycles. The third-order valence-corrected chi connectivity index (χ3v) is 5.43. The van der Waals surface area contributed by atoms with Gasteiger partial charge in [-0.3, -0.25) is 0 Å². The Morgan fingerprint density at radius 2 is 1.56 bits per heavy atom. The van der Waals surface area contributed by atoms with E-state index in [-0.39, 0.29) is 24.2 Å². The van der Waals surface area contributed by atoms with E-state index >= 15 is 0 Å².